The molecule has 0 aliphatic carbocycles. The third kappa shape index (κ3) is 4.50. The van der Waals surface area contributed by atoms with Gasteiger partial charge >= 0.3 is 0 Å². The van der Waals surface area contributed by atoms with Crippen molar-refractivity contribution in [3.05, 3.63) is 34.9 Å². The van der Waals surface area contributed by atoms with E-state index in [1.54, 1.807) is 18.1 Å². The number of benzene rings is 1. The molecule has 9 heteroatoms. The standard InChI is InChI=1S/C17H20BrN3O3S2/c1-11(16(22)21(2)14-7-8-26(23,24)10-14)25-17-19-9-15(20-17)12-3-5-13(18)6-4-12/h3-6,9,11,14H,7-8,10H2,1-2H3,(H,19,20)/t11-,14+/m0/s1. The minimum absolute atomic E-state index is 0.0566. The topological polar surface area (TPSA) is 83.1 Å². The Morgan fingerprint density at radius 2 is 2.08 bits per heavy atom. The maximum atomic E-state index is 12.6. The number of hydrogen-bond donors (Lipinski definition) is 1. The van der Waals surface area contributed by atoms with Crippen LogP contribution in [0.3, 0.4) is 0 Å². The van der Waals surface area contributed by atoms with Crippen LogP contribution in [0.1, 0.15) is 13.3 Å². The molecule has 1 aromatic heterocycles. The Labute approximate surface area is 165 Å². The number of H-pyrrole nitrogens is 1. The number of nitrogens with one attached hydrogen (secondary N) is 1. The van der Waals surface area contributed by atoms with Crippen LogP contribution in [0.2, 0.25) is 0 Å². The summed E-state index contributed by atoms with van der Waals surface area (Å²) >= 11 is 4.75. The Morgan fingerprint density at radius 1 is 1.38 bits per heavy atom. The van der Waals surface area contributed by atoms with Gasteiger partial charge in [0.2, 0.25) is 5.91 Å². The van der Waals surface area contributed by atoms with Gasteiger partial charge in [0.25, 0.3) is 0 Å². The first-order chi connectivity index (χ1) is 12.2. The molecule has 2 aromatic rings. The van der Waals surface area contributed by atoms with Crippen LogP contribution < -0.4 is 0 Å². The molecule has 1 aliphatic heterocycles. The first kappa shape index (κ1) is 19.4. The molecular weight excluding hydrogens is 438 g/mol. The van der Waals surface area contributed by atoms with Gasteiger partial charge in [-0.15, -0.1) is 0 Å². The summed E-state index contributed by atoms with van der Waals surface area (Å²) in [7, 11) is -1.33. The number of aromatic nitrogens is 2. The fraction of sp³-hybridized carbons (Fsp3) is 0.412. The van der Waals surface area contributed by atoms with Crippen molar-refractivity contribution in [1.29, 1.82) is 0 Å². The van der Waals surface area contributed by atoms with Gasteiger partial charge < -0.3 is 9.88 Å². The molecule has 0 radical (unpaired) electrons. The molecule has 6 nitrogen and oxygen atoms in total. The summed E-state index contributed by atoms with van der Waals surface area (Å²) in [6.45, 7) is 1.81. The van der Waals surface area contributed by atoms with E-state index in [0.29, 0.717) is 11.6 Å². The van der Waals surface area contributed by atoms with E-state index in [0.717, 1.165) is 15.7 Å². The second kappa shape index (κ2) is 7.74. The van der Waals surface area contributed by atoms with Crippen LogP contribution in [0.5, 0.6) is 0 Å². The van der Waals surface area contributed by atoms with E-state index in [1.807, 2.05) is 31.2 Å². The Balaban J connectivity index is 1.63. The third-order valence-corrected chi connectivity index (χ3v) is 7.71. The van der Waals surface area contributed by atoms with Crippen LogP contribution in [-0.4, -0.2) is 59.0 Å². The van der Waals surface area contributed by atoms with Crippen molar-refractivity contribution in [2.45, 2.75) is 29.8 Å². The van der Waals surface area contributed by atoms with Crippen LogP contribution in [-0.2, 0) is 14.6 Å². The number of nitrogens with zero attached hydrogens (tertiary/aromatic N) is 2. The smallest absolute Gasteiger partial charge is 0.235 e. The van der Waals surface area contributed by atoms with Gasteiger partial charge in [0.05, 0.1) is 28.6 Å². The Bertz CT molecular complexity index is 896. The molecule has 2 heterocycles. The molecule has 1 N–H and O–H groups in total. The van der Waals surface area contributed by atoms with Crippen LogP contribution in [0.25, 0.3) is 11.3 Å². The second-order valence-corrected chi connectivity index (χ2v) is 10.8. The molecule has 2 atom stereocenters. The van der Waals surface area contributed by atoms with Crippen molar-refractivity contribution in [1.82, 2.24) is 14.9 Å². The predicted molar refractivity (Wildman–Crippen MR) is 107 cm³/mol. The number of carbonyl (C=O) groups excluding carboxylic acids is 1. The van der Waals surface area contributed by atoms with Gasteiger partial charge in [-0.05, 0) is 31.0 Å². The summed E-state index contributed by atoms with van der Waals surface area (Å²) in [5, 5.41) is 0.309. The summed E-state index contributed by atoms with van der Waals surface area (Å²) in [5.74, 6) is 0.130. The van der Waals surface area contributed by atoms with Gasteiger partial charge in [-0.25, -0.2) is 13.4 Å². The van der Waals surface area contributed by atoms with Gasteiger partial charge in [0.15, 0.2) is 15.0 Å². The van der Waals surface area contributed by atoms with Crippen LogP contribution in [0.4, 0.5) is 0 Å². The largest absolute Gasteiger partial charge is 0.341 e. The van der Waals surface area contributed by atoms with Gasteiger partial charge in [-0.3, -0.25) is 4.79 Å². The molecule has 0 unspecified atom stereocenters. The van der Waals surface area contributed by atoms with Gasteiger partial charge in [0, 0.05) is 17.6 Å². The van der Waals surface area contributed by atoms with Crippen molar-refractivity contribution in [2.75, 3.05) is 18.6 Å². The highest BCUT2D eigenvalue weighted by Crippen LogP contribution is 2.27. The van der Waals surface area contributed by atoms with Crippen LogP contribution >= 0.6 is 27.7 Å². The van der Waals surface area contributed by atoms with Crippen LogP contribution in [0, 0.1) is 0 Å². The number of rotatable bonds is 5. The molecule has 140 valence electrons. The van der Waals surface area contributed by atoms with Crippen molar-refractivity contribution >= 4 is 43.4 Å². The van der Waals surface area contributed by atoms with E-state index in [1.165, 1.54) is 11.8 Å². The highest BCUT2D eigenvalue weighted by atomic mass is 79.9. The lowest BCUT2D eigenvalue weighted by atomic mass is 10.2. The molecule has 1 aromatic carbocycles. The molecular formula is C17H20BrN3O3S2. The second-order valence-electron chi connectivity index (χ2n) is 6.38. The number of hydrogen-bond acceptors (Lipinski definition) is 5. The normalized spacial score (nSPS) is 20.0. The Kier molecular flexibility index (Phi) is 5.78. The van der Waals surface area contributed by atoms with E-state index in [-0.39, 0.29) is 28.7 Å². The van der Waals surface area contributed by atoms with E-state index >= 15 is 0 Å². The Morgan fingerprint density at radius 3 is 2.69 bits per heavy atom. The molecule has 1 saturated heterocycles. The molecule has 1 fully saturated rings. The lowest BCUT2D eigenvalue weighted by molar-refractivity contribution is -0.130. The van der Waals surface area contributed by atoms with Gasteiger partial charge in [-0.2, -0.15) is 0 Å². The number of carbonyl (C=O) groups is 1. The average molecular weight is 458 g/mol. The minimum atomic E-state index is -3.01. The highest BCUT2D eigenvalue weighted by Gasteiger charge is 2.34. The summed E-state index contributed by atoms with van der Waals surface area (Å²) in [6.07, 6.45) is 2.26. The third-order valence-electron chi connectivity index (χ3n) is 4.45. The number of sulfone groups is 1. The lowest BCUT2D eigenvalue weighted by Crippen LogP contribution is -2.41. The SMILES string of the molecule is C[C@H](Sc1ncc(-c2ccc(Br)cc2)[nH]1)C(=O)N(C)[C@@H]1CCS(=O)(=O)C1. The van der Waals surface area contributed by atoms with Crippen LogP contribution in [0.15, 0.2) is 40.1 Å². The van der Waals surface area contributed by atoms with Crippen molar-refractivity contribution in [3.63, 3.8) is 0 Å². The first-order valence-corrected chi connectivity index (χ1v) is 11.7. The number of imidazole rings is 1. The van der Waals surface area contributed by atoms with Gasteiger partial charge in [-0.1, -0.05) is 39.8 Å². The zero-order valence-electron chi connectivity index (χ0n) is 14.5. The summed E-state index contributed by atoms with van der Waals surface area (Å²) in [6, 6.07) is 7.65. The predicted octanol–water partition coefficient (Wildman–Crippen LogP) is 2.97. The number of aromatic amines is 1. The molecule has 0 spiro atoms. The summed E-state index contributed by atoms with van der Waals surface area (Å²) in [5.41, 5.74) is 1.90. The van der Waals surface area contributed by atoms with Crippen molar-refractivity contribution in [3.8, 4) is 11.3 Å². The Hall–Kier alpha value is -1.32. The van der Waals surface area contributed by atoms with E-state index in [2.05, 4.69) is 25.9 Å². The van der Waals surface area contributed by atoms with E-state index in [4.69, 9.17) is 0 Å². The molecule has 1 aliphatic rings. The zero-order valence-corrected chi connectivity index (χ0v) is 17.7. The molecule has 3 rings (SSSR count). The average Bonchev–Trinajstić information content (AvgIpc) is 3.20. The molecule has 26 heavy (non-hydrogen) atoms. The molecule has 0 bridgehead atoms. The zero-order chi connectivity index (χ0) is 18.9. The fourth-order valence-electron chi connectivity index (χ4n) is 2.90. The summed E-state index contributed by atoms with van der Waals surface area (Å²) < 4.78 is 24.3. The lowest BCUT2D eigenvalue weighted by Gasteiger charge is -2.25. The molecule has 0 saturated carbocycles. The number of thioether (sulfide) groups is 1. The minimum Gasteiger partial charge on any atom is -0.341 e. The monoisotopic (exact) mass is 457 g/mol. The maximum absolute atomic E-state index is 12.6. The quantitative estimate of drug-likeness (QED) is 0.697. The van der Waals surface area contributed by atoms with E-state index in [9.17, 15) is 13.2 Å². The summed E-state index contributed by atoms with van der Waals surface area (Å²) in [4.78, 5) is 21.8. The highest BCUT2D eigenvalue weighted by molar-refractivity contribution is 9.10. The van der Waals surface area contributed by atoms with E-state index < -0.39 is 9.84 Å². The number of halogens is 1. The van der Waals surface area contributed by atoms with Crippen molar-refractivity contribution in [2.24, 2.45) is 0 Å². The fourth-order valence-corrected chi connectivity index (χ4v) is 5.83. The molecule has 1 amide bonds. The number of amides is 1. The maximum Gasteiger partial charge on any atom is 0.235 e. The first-order valence-electron chi connectivity index (χ1n) is 8.20. The van der Waals surface area contributed by atoms with Crippen molar-refractivity contribution < 1.29 is 13.2 Å². The van der Waals surface area contributed by atoms with Gasteiger partial charge in [0.1, 0.15) is 0 Å².